The summed E-state index contributed by atoms with van der Waals surface area (Å²) < 4.78 is 8.29. The molecule has 3 heterocycles. The molecule has 0 spiro atoms. The number of amides is 1. The molecular formula is C16H16N6OS. The zero-order valence-corrected chi connectivity index (χ0v) is 13.7. The van der Waals surface area contributed by atoms with E-state index >= 15 is 0 Å². The Bertz CT molecular complexity index is 845. The largest absolute Gasteiger partial charge is 0.354 e. The highest BCUT2D eigenvalue weighted by Gasteiger charge is 2.23. The van der Waals surface area contributed by atoms with Crippen molar-refractivity contribution >= 4 is 34.5 Å². The van der Waals surface area contributed by atoms with E-state index in [0.717, 1.165) is 42.8 Å². The number of benzene rings is 1. The lowest BCUT2D eigenvalue weighted by molar-refractivity contribution is 0.0926. The van der Waals surface area contributed by atoms with Gasteiger partial charge >= 0.3 is 0 Å². The maximum absolute atomic E-state index is 12.4. The Kier molecular flexibility index (Phi) is 4.04. The van der Waals surface area contributed by atoms with Crippen molar-refractivity contribution in [1.82, 2.24) is 24.0 Å². The van der Waals surface area contributed by atoms with Gasteiger partial charge in [-0.15, -0.1) is 0 Å². The molecule has 0 radical (unpaired) electrons. The summed E-state index contributed by atoms with van der Waals surface area (Å²) in [5.41, 5.74) is 1.88. The van der Waals surface area contributed by atoms with E-state index in [-0.39, 0.29) is 11.9 Å². The molecule has 8 heteroatoms. The minimum absolute atomic E-state index is 0.147. The van der Waals surface area contributed by atoms with E-state index in [9.17, 15) is 4.79 Å². The van der Waals surface area contributed by atoms with Crippen molar-refractivity contribution in [2.75, 3.05) is 18.0 Å². The maximum atomic E-state index is 12.4. The van der Waals surface area contributed by atoms with Gasteiger partial charge in [0.15, 0.2) is 5.82 Å². The van der Waals surface area contributed by atoms with Gasteiger partial charge in [-0.1, -0.05) is 12.1 Å². The zero-order chi connectivity index (χ0) is 16.4. The van der Waals surface area contributed by atoms with E-state index in [4.69, 9.17) is 0 Å². The highest BCUT2D eigenvalue weighted by Crippen LogP contribution is 2.18. The van der Waals surface area contributed by atoms with Crippen LogP contribution in [-0.4, -0.2) is 43.8 Å². The molecule has 0 atom stereocenters. The van der Waals surface area contributed by atoms with Crippen LogP contribution < -0.4 is 10.2 Å². The van der Waals surface area contributed by atoms with Gasteiger partial charge in [-0.25, -0.2) is 4.98 Å². The summed E-state index contributed by atoms with van der Waals surface area (Å²) in [6.07, 6.45) is 5.08. The minimum Gasteiger partial charge on any atom is -0.354 e. The van der Waals surface area contributed by atoms with Gasteiger partial charge in [0.2, 0.25) is 0 Å². The lowest BCUT2D eigenvalue weighted by atomic mass is 10.0. The second-order valence-corrected chi connectivity index (χ2v) is 6.30. The summed E-state index contributed by atoms with van der Waals surface area (Å²) in [6, 6.07) is 7.69. The Labute approximate surface area is 143 Å². The standard InChI is InChI=1S/C16H16N6OS/c23-16(14-9-17-12-3-1-2-4-13(12)20-14)19-11-5-7-22(8-6-11)15-10-18-24-21-15/h1-4,9-11H,5-8H2,(H,19,23). The molecule has 1 amide bonds. The topological polar surface area (TPSA) is 83.9 Å². The average Bonchev–Trinajstić information content (AvgIpc) is 3.16. The Morgan fingerprint density at radius 3 is 2.71 bits per heavy atom. The predicted octanol–water partition coefficient (Wildman–Crippen LogP) is 1.88. The molecule has 1 fully saturated rings. The number of carbonyl (C=O) groups excluding carboxylic acids is 1. The van der Waals surface area contributed by atoms with Crippen molar-refractivity contribution in [3.63, 3.8) is 0 Å². The lowest BCUT2D eigenvalue weighted by Crippen LogP contribution is -2.45. The van der Waals surface area contributed by atoms with E-state index in [1.54, 1.807) is 6.20 Å². The van der Waals surface area contributed by atoms with Crippen molar-refractivity contribution < 1.29 is 4.79 Å². The van der Waals surface area contributed by atoms with Gasteiger partial charge in [0, 0.05) is 19.1 Å². The van der Waals surface area contributed by atoms with Crippen LogP contribution in [0.3, 0.4) is 0 Å². The van der Waals surface area contributed by atoms with Crippen LogP contribution in [0.15, 0.2) is 36.7 Å². The van der Waals surface area contributed by atoms with Crippen LogP contribution in [0.1, 0.15) is 23.3 Å². The minimum atomic E-state index is -0.165. The maximum Gasteiger partial charge on any atom is 0.271 e. The van der Waals surface area contributed by atoms with Crippen molar-refractivity contribution in [2.24, 2.45) is 0 Å². The van der Waals surface area contributed by atoms with Crippen LogP contribution in [0.25, 0.3) is 11.0 Å². The van der Waals surface area contributed by atoms with Gasteiger partial charge in [0.25, 0.3) is 5.91 Å². The van der Waals surface area contributed by atoms with Gasteiger partial charge in [-0.2, -0.15) is 8.75 Å². The molecule has 24 heavy (non-hydrogen) atoms. The molecule has 1 aromatic carbocycles. The number of nitrogens with one attached hydrogen (secondary N) is 1. The molecule has 1 aliphatic heterocycles. The van der Waals surface area contributed by atoms with Gasteiger partial charge < -0.3 is 10.2 Å². The Balaban J connectivity index is 1.39. The van der Waals surface area contributed by atoms with E-state index in [1.807, 2.05) is 24.3 Å². The summed E-state index contributed by atoms with van der Waals surface area (Å²) in [4.78, 5) is 23.3. The first kappa shape index (κ1) is 14.9. The Morgan fingerprint density at radius 1 is 1.17 bits per heavy atom. The van der Waals surface area contributed by atoms with E-state index in [0.29, 0.717) is 5.69 Å². The normalized spacial score (nSPS) is 15.6. The van der Waals surface area contributed by atoms with Crippen molar-refractivity contribution in [1.29, 1.82) is 0 Å². The Morgan fingerprint density at radius 2 is 1.96 bits per heavy atom. The second kappa shape index (κ2) is 6.48. The molecule has 1 N–H and O–H groups in total. The fourth-order valence-corrected chi connectivity index (χ4v) is 3.31. The third kappa shape index (κ3) is 3.05. The van der Waals surface area contributed by atoms with Crippen LogP contribution in [0.5, 0.6) is 0 Å². The molecule has 4 rings (SSSR count). The number of piperidine rings is 1. The second-order valence-electron chi connectivity index (χ2n) is 5.74. The third-order valence-electron chi connectivity index (χ3n) is 4.19. The predicted molar refractivity (Wildman–Crippen MR) is 92.1 cm³/mol. The molecule has 3 aromatic rings. The van der Waals surface area contributed by atoms with E-state index < -0.39 is 0 Å². The molecular weight excluding hydrogens is 324 g/mol. The average molecular weight is 340 g/mol. The van der Waals surface area contributed by atoms with Crippen LogP contribution in [-0.2, 0) is 0 Å². The van der Waals surface area contributed by atoms with Crippen LogP contribution in [0.2, 0.25) is 0 Å². The molecule has 2 aromatic heterocycles. The summed E-state index contributed by atoms with van der Waals surface area (Å²) in [5.74, 6) is 0.757. The highest BCUT2D eigenvalue weighted by molar-refractivity contribution is 6.99. The highest BCUT2D eigenvalue weighted by atomic mass is 32.1. The summed E-state index contributed by atoms with van der Waals surface area (Å²) in [7, 11) is 0. The van der Waals surface area contributed by atoms with Gasteiger partial charge in [-0.05, 0) is 25.0 Å². The number of nitrogens with zero attached hydrogens (tertiary/aromatic N) is 5. The van der Waals surface area contributed by atoms with Gasteiger partial charge in [0.1, 0.15) is 5.69 Å². The molecule has 122 valence electrons. The fourth-order valence-electron chi connectivity index (χ4n) is 2.88. The zero-order valence-electron chi connectivity index (χ0n) is 12.9. The van der Waals surface area contributed by atoms with Crippen molar-refractivity contribution in [2.45, 2.75) is 18.9 Å². The monoisotopic (exact) mass is 340 g/mol. The van der Waals surface area contributed by atoms with Crippen LogP contribution in [0.4, 0.5) is 5.82 Å². The number of para-hydroxylation sites is 2. The first-order valence-electron chi connectivity index (χ1n) is 7.85. The SMILES string of the molecule is O=C(NC1CCN(c2cnsn2)CC1)c1cnc2ccccc2n1. The molecule has 1 saturated heterocycles. The molecule has 7 nitrogen and oxygen atoms in total. The fraction of sp³-hybridized carbons (Fsp3) is 0.312. The lowest BCUT2D eigenvalue weighted by Gasteiger charge is -2.32. The molecule has 0 unspecified atom stereocenters. The number of hydrogen-bond donors (Lipinski definition) is 1. The van der Waals surface area contributed by atoms with Gasteiger partial charge in [0.05, 0.1) is 35.2 Å². The number of carbonyl (C=O) groups is 1. The summed E-state index contributed by atoms with van der Waals surface area (Å²) in [5, 5.41) is 3.06. The van der Waals surface area contributed by atoms with Gasteiger partial charge in [-0.3, -0.25) is 9.78 Å². The van der Waals surface area contributed by atoms with Crippen LogP contribution in [0, 0.1) is 0 Å². The molecule has 0 bridgehead atoms. The number of rotatable bonds is 3. The quantitative estimate of drug-likeness (QED) is 0.784. The number of anilines is 1. The van der Waals surface area contributed by atoms with Crippen molar-refractivity contribution in [3.8, 4) is 0 Å². The number of fused-ring (bicyclic) bond motifs is 1. The van der Waals surface area contributed by atoms with E-state index in [2.05, 4.69) is 28.9 Å². The molecule has 1 aliphatic rings. The van der Waals surface area contributed by atoms with Crippen LogP contribution >= 0.6 is 11.7 Å². The number of aromatic nitrogens is 4. The first-order valence-corrected chi connectivity index (χ1v) is 8.58. The first-order chi connectivity index (χ1) is 11.8. The smallest absolute Gasteiger partial charge is 0.271 e. The van der Waals surface area contributed by atoms with E-state index in [1.165, 1.54) is 17.9 Å². The van der Waals surface area contributed by atoms with Crippen molar-refractivity contribution in [3.05, 3.63) is 42.4 Å². The molecule has 0 aliphatic carbocycles. The Hall–Kier alpha value is -2.61. The number of hydrogen-bond acceptors (Lipinski definition) is 7. The third-order valence-corrected chi connectivity index (χ3v) is 4.65. The summed E-state index contributed by atoms with van der Waals surface area (Å²) in [6.45, 7) is 1.72. The summed E-state index contributed by atoms with van der Waals surface area (Å²) >= 11 is 1.22. The molecule has 0 saturated carbocycles.